The summed E-state index contributed by atoms with van der Waals surface area (Å²) in [7, 11) is 0. The molecule has 0 bridgehead atoms. The Kier molecular flexibility index (Phi) is 3.57. The van der Waals surface area contributed by atoms with Gasteiger partial charge in [0.05, 0.1) is 0 Å². The van der Waals surface area contributed by atoms with E-state index in [1.54, 1.807) is 10.4 Å². The fraction of sp³-hybridized carbons (Fsp3) is 0.333. The van der Waals surface area contributed by atoms with Crippen LogP contribution in [-0.2, 0) is 19.4 Å². The summed E-state index contributed by atoms with van der Waals surface area (Å²) >= 11 is 3.91. The fourth-order valence-corrected chi connectivity index (χ4v) is 5.35. The van der Waals surface area contributed by atoms with Crippen molar-refractivity contribution in [1.29, 1.82) is 0 Å². The van der Waals surface area contributed by atoms with Crippen LogP contribution in [0.2, 0.25) is 0 Å². The third-order valence-corrected chi connectivity index (χ3v) is 6.79. The van der Waals surface area contributed by atoms with E-state index in [1.165, 1.54) is 39.1 Å². The zero-order chi connectivity index (χ0) is 14.2. The summed E-state index contributed by atoms with van der Waals surface area (Å²) in [5.74, 6) is 0. The summed E-state index contributed by atoms with van der Waals surface area (Å²) in [4.78, 5) is 4.55. The Morgan fingerprint density at radius 1 is 1.14 bits per heavy atom. The van der Waals surface area contributed by atoms with Gasteiger partial charge in [0.15, 0.2) is 0 Å². The number of hydrogen-bond donors (Lipinski definition) is 1. The molecule has 1 N–H and O–H groups in total. The van der Waals surface area contributed by atoms with Crippen molar-refractivity contribution in [2.24, 2.45) is 0 Å². The summed E-state index contributed by atoms with van der Waals surface area (Å²) < 4.78 is 1.39. The average molecular weight is 313 g/mol. The van der Waals surface area contributed by atoms with E-state index < -0.39 is 0 Å². The molecule has 0 fully saturated rings. The smallest absolute Gasteiger partial charge is 0.0389 e. The van der Waals surface area contributed by atoms with Crippen molar-refractivity contribution >= 4 is 32.8 Å². The Hall–Kier alpha value is -1.16. The monoisotopic (exact) mass is 313 g/mol. The minimum Gasteiger partial charge on any atom is -0.305 e. The quantitative estimate of drug-likeness (QED) is 0.689. The van der Waals surface area contributed by atoms with Crippen LogP contribution in [0.3, 0.4) is 0 Å². The number of rotatable bonds is 4. The van der Waals surface area contributed by atoms with E-state index in [1.807, 2.05) is 22.7 Å². The largest absolute Gasteiger partial charge is 0.305 e. The fourth-order valence-electron chi connectivity index (χ4n) is 3.05. The molecule has 108 valence electrons. The number of thiophene rings is 2. The predicted molar refractivity (Wildman–Crippen MR) is 93.4 cm³/mol. The number of hydrogen-bond acceptors (Lipinski definition) is 3. The van der Waals surface area contributed by atoms with Gasteiger partial charge in [-0.25, -0.2) is 0 Å². The maximum atomic E-state index is 3.69. The van der Waals surface area contributed by atoms with Crippen molar-refractivity contribution in [2.75, 3.05) is 0 Å². The molecular weight excluding hydrogens is 294 g/mol. The van der Waals surface area contributed by atoms with Crippen LogP contribution in [0.5, 0.6) is 0 Å². The minimum atomic E-state index is 0.416. The number of benzene rings is 1. The molecule has 2 heterocycles. The molecule has 0 aliphatic heterocycles. The van der Waals surface area contributed by atoms with E-state index in [-0.39, 0.29) is 0 Å². The Bertz CT molecular complexity index is 714. The van der Waals surface area contributed by atoms with Crippen LogP contribution in [0.25, 0.3) is 10.1 Å². The van der Waals surface area contributed by atoms with Crippen molar-refractivity contribution in [1.82, 2.24) is 5.32 Å². The minimum absolute atomic E-state index is 0.416. The van der Waals surface area contributed by atoms with Gasteiger partial charge >= 0.3 is 0 Å². The van der Waals surface area contributed by atoms with E-state index in [0.29, 0.717) is 6.04 Å². The van der Waals surface area contributed by atoms with Gasteiger partial charge < -0.3 is 5.32 Å². The van der Waals surface area contributed by atoms with Crippen LogP contribution >= 0.6 is 22.7 Å². The van der Waals surface area contributed by atoms with Crippen LogP contribution < -0.4 is 5.32 Å². The SMILES string of the molecule is CC(NCc1cc2c(s1)CCC2)c1cc2ccccc2s1. The Morgan fingerprint density at radius 3 is 2.90 bits per heavy atom. The first-order valence-corrected chi connectivity index (χ1v) is 9.25. The topological polar surface area (TPSA) is 12.0 Å². The second-order valence-corrected chi connectivity index (χ2v) is 8.14. The molecule has 3 aromatic rings. The number of fused-ring (bicyclic) bond motifs is 2. The van der Waals surface area contributed by atoms with Gasteiger partial charge in [-0.15, -0.1) is 22.7 Å². The highest BCUT2D eigenvalue weighted by Gasteiger charge is 2.15. The van der Waals surface area contributed by atoms with Gasteiger partial charge in [0, 0.05) is 31.9 Å². The average Bonchev–Trinajstić information content (AvgIpc) is 3.17. The Labute approximate surface area is 133 Å². The van der Waals surface area contributed by atoms with Gasteiger partial charge in [0.25, 0.3) is 0 Å². The van der Waals surface area contributed by atoms with Gasteiger partial charge in [-0.2, -0.15) is 0 Å². The molecule has 1 aromatic carbocycles. The van der Waals surface area contributed by atoms with Gasteiger partial charge in [-0.05, 0) is 55.3 Å². The third kappa shape index (κ3) is 2.66. The van der Waals surface area contributed by atoms with Gasteiger partial charge in [-0.1, -0.05) is 18.2 Å². The molecular formula is C18H19NS2. The summed E-state index contributed by atoms with van der Waals surface area (Å²) in [5.41, 5.74) is 1.60. The molecule has 0 amide bonds. The molecule has 0 radical (unpaired) electrons. The zero-order valence-electron chi connectivity index (χ0n) is 12.2. The van der Waals surface area contributed by atoms with Crippen molar-refractivity contribution in [3.63, 3.8) is 0 Å². The summed E-state index contributed by atoms with van der Waals surface area (Å²) in [6.07, 6.45) is 3.94. The Balaban J connectivity index is 1.46. The molecule has 1 nitrogen and oxygen atoms in total. The third-order valence-electron chi connectivity index (χ3n) is 4.25. The van der Waals surface area contributed by atoms with Gasteiger partial charge in [0.2, 0.25) is 0 Å². The van der Waals surface area contributed by atoms with E-state index in [0.717, 1.165) is 6.54 Å². The molecule has 0 spiro atoms. The predicted octanol–water partition coefficient (Wildman–Crippen LogP) is 5.30. The first-order valence-electron chi connectivity index (χ1n) is 7.62. The molecule has 0 saturated heterocycles. The van der Waals surface area contributed by atoms with Crippen LogP contribution in [0.15, 0.2) is 36.4 Å². The van der Waals surface area contributed by atoms with Crippen LogP contribution in [0.1, 0.15) is 39.6 Å². The number of nitrogens with one attached hydrogen (secondary N) is 1. The number of aryl methyl sites for hydroxylation is 2. The second-order valence-electron chi connectivity index (χ2n) is 5.80. The molecule has 1 unspecified atom stereocenters. The lowest BCUT2D eigenvalue weighted by Gasteiger charge is -2.10. The van der Waals surface area contributed by atoms with Crippen LogP contribution in [0, 0.1) is 0 Å². The lowest BCUT2D eigenvalue weighted by molar-refractivity contribution is 0.587. The highest BCUT2D eigenvalue weighted by atomic mass is 32.1. The van der Waals surface area contributed by atoms with E-state index in [9.17, 15) is 0 Å². The first-order chi connectivity index (χ1) is 10.3. The van der Waals surface area contributed by atoms with Crippen molar-refractivity contribution in [3.8, 4) is 0 Å². The molecule has 1 aliphatic carbocycles. The normalized spacial score (nSPS) is 15.5. The summed E-state index contributed by atoms with van der Waals surface area (Å²) in [6.45, 7) is 3.26. The maximum Gasteiger partial charge on any atom is 0.0389 e. The first kappa shape index (κ1) is 13.5. The molecule has 4 rings (SSSR count). The van der Waals surface area contributed by atoms with E-state index in [2.05, 4.69) is 48.6 Å². The molecule has 0 saturated carbocycles. The Morgan fingerprint density at radius 2 is 2.05 bits per heavy atom. The van der Waals surface area contributed by atoms with Crippen molar-refractivity contribution in [2.45, 2.75) is 38.8 Å². The molecule has 3 heteroatoms. The van der Waals surface area contributed by atoms with Crippen LogP contribution in [0.4, 0.5) is 0 Å². The zero-order valence-corrected chi connectivity index (χ0v) is 13.8. The highest BCUT2D eigenvalue weighted by molar-refractivity contribution is 7.19. The van der Waals surface area contributed by atoms with E-state index in [4.69, 9.17) is 0 Å². The van der Waals surface area contributed by atoms with Gasteiger partial charge in [-0.3, -0.25) is 0 Å². The molecule has 1 atom stereocenters. The molecule has 21 heavy (non-hydrogen) atoms. The summed E-state index contributed by atoms with van der Waals surface area (Å²) in [5, 5.41) is 5.05. The lowest BCUT2D eigenvalue weighted by atomic mass is 10.2. The standard InChI is InChI=1S/C18H19NS2/c1-12(18-10-14-5-2-3-7-17(14)21-18)19-11-15-9-13-6-4-8-16(13)20-15/h2-3,5,7,9-10,12,19H,4,6,8,11H2,1H3. The molecule has 2 aromatic heterocycles. The maximum absolute atomic E-state index is 3.69. The second kappa shape index (κ2) is 5.56. The summed E-state index contributed by atoms with van der Waals surface area (Å²) in [6, 6.07) is 13.8. The van der Waals surface area contributed by atoms with E-state index >= 15 is 0 Å². The van der Waals surface area contributed by atoms with Crippen LogP contribution in [-0.4, -0.2) is 0 Å². The molecule has 1 aliphatic rings. The lowest BCUT2D eigenvalue weighted by Crippen LogP contribution is -2.16. The highest BCUT2D eigenvalue weighted by Crippen LogP contribution is 2.32. The van der Waals surface area contributed by atoms with Gasteiger partial charge in [0.1, 0.15) is 0 Å². The van der Waals surface area contributed by atoms with Crippen molar-refractivity contribution < 1.29 is 0 Å². The van der Waals surface area contributed by atoms with Crippen molar-refractivity contribution in [3.05, 3.63) is 56.6 Å².